The van der Waals surface area contributed by atoms with Crippen LogP contribution >= 0.6 is 31.9 Å². The molecule has 0 saturated heterocycles. The standard InChI is InChI=1S/C34H8Br2F8N4/c35-23-29(41)25(37)21(26(38)30(23)42)33-45-13-5-1-9-10-2-6-15-20-16(48-34(47-15)22-27(39)31(43)24(36)32(44)28(22)40)8-4-12(18(10)20)11-3-7-14(46-33)19(13)17(9)11/h1-8H. The SMILES string of the molecule is Fc1c(F)c(-c2nc3ccc4c5ccc6nc(-c7c(F)c(F)c(Br)c(F)c7F)nc7ccc(c8ccc(n2)c3c48)c5c67)c(F)c(F)c1Br. The number of benzene rings is 7. The molecule has 7 aromatic carbocycles. The van der Waals surface area contributed by atoms with E-state index in [-0.39, 0.29) is 22.1 Å². The lowest BCUT2D eigenvalue weighted by Gasteiger charge is -2.18. The summed E-state index contributed by atoms with van der Waals surface area (Å²) in [6.07, 6.45) is 0. The van der Waals surface area contributed by atoms with E-state index >= 15 is 0 Å². The number of rotatable bonds is 2. The Bertz CT molecular complexity index is 2550. The van der Waals surface area contributed by atoms with Crippen molar-refractivity contribution in [3.05, 3.63) is 104 Å². The van der Waals surface area contributed by atoms with Gasteiger partial charge in [-0.25, -0.2) is 55.1 Å². The number of aromatic nitrogens is 4. The second-order valence-corrected chi connectivity index (χ2v) is 12.6. The van der Waals surface area contributed by atoms with Gasteiger partial charge in [-0.2, -0.15) is 0 Å². The van der Waals surface area contributed by atoms with Gasteiger partial charge in [-0.15, -0.1) is 0 Å². The van der Waals surface area contributed by atoms with Gasteiger partial charge in [0.25, 0.3) is 0 Å². The number of hydrogen-bond acceptors (Lipinski definition) is 4. The molecule has 0 aliphatic rings. The van der Waals surface area contributed by atoms with Crippen LogP contribution < -0.4 is 0 Å². The Labute approximate surface area is 278 Å². The highest BCUT2D eigenvalue weighted by atomic mass is 79.9. The molecule has 2 aromatic heterocycles. The molecular weight excluding hydrogens is 776 g/mol. The second-order valence-electron chi connectivity index (χ2n) is 11.0. The van der Waals surface area contributed by atoms with Crippen LogP contribution in [0.25, 0.3) is 87.9 Å². The Kier molecular flexibility index (Phi) is 6.02. The van der Waals surface area contributed by atoms with E-state index in [4.69, 9.17) is 0 Å². The summed E-state index contributed by atoms with van der Waals surface area (Å²) in [6, 6.07) is 13.3. The summed E-state index contributed by atoms with van der Waals surface area (Å²) in [5, 5.41) is 5.33. The predicted octanol–water partition coefficient (Wildman–Crippen LogP) is 11.0. The van der Waals surface area contributed by atoms with Crippen molar-refractivity contribution in [3.8, 4) is 22.8 Å². The number of halogens is 10. The third-order valence-electron chi connectivity index (χ3n) is 8.59. The molecule has 0 unspecified atom stereocenters. The van der Waals surface area contributed by atoms with Crippen LogP contribution in [0.2, 0.25) is 0 Å². The first kappa shape index (κ1) is 29.3. The fourth-order valence-corrected chi connectivity index (χ4v) is 7.22. The molecule has 0 fully saturated rings. The molecule has 9 aromatic rings. The lowest BCUT2D eigenvalue weighted by atomic mass is 9.88. The summed E-state index contributed by atoms with van der Waals surface area (Å²) in [6.45, 7) is 0. The zero-order valence-electron chi connectivity index (χ0n) is 23.2. The number of hydrogen-bond donors (Lipinski definition) is 0. The summed E-state index contributed by atoms with van der Waals surface area (Å²) in [5.74, 6) is -14.2. The van der Waals surface area contributed by atoms with Crippen molar-refractivity contribution in [2.24, 2.45) is 0 Å². The van der Waals surface area contributed by atoms with Gasteiger partial charge < -0.3 is 0 Å². The molecule has 0 saturated carbocycles. The molecule has 14 heteroatoms. The number of nitrogens with zero attached hydrogens (tertiary/aromatic N) is 4. The van der Waals surface area contributed by atoms with Crippen molar-refractivity contribution < 1.29 is 35.1 Å². The average molecular weight is 784 g/mol. The van der Waals surface area contributed by atoms with Crippen LogP contribution in [0.3, 0.4) is 0 Å². The third-order valence-corrected chi connectivity index (χ3v) is 9.98. The average Bonchev–Trinajstić information content (AvgIpc) is 3.09. The molecule has 2 heterocycles. The van der Waals surface area contributed by atoms with Crippen molar-refractivity contribution in [2.45, 2.75) is 0 Å². The second kappa shape index (κ2) is 9.86. The largest absolute Gasteiger partial charge is 0.228 e. The first-order valence-electron chi connectivity index (χ1n) is 13.8. The van der Waals surface area contributed by atoms with E-state index in [1.807, 2.05) is 0 Å². The van der Waals surface area contributed by atoms with Gasteiger partial charge in [0, 0.05) is 21.5 Å². The van der Waals surface area contributed by atoms with Crippen LogP contribution in [0.5, 0.6) is 0 Å². The van der Waals surface area contributed by atoms with Crippen LogP contribution in [-0.4, -0.2) is 19.9 Å². The van der Waals surface area contributed by atoms with E-state index in [1.54, 1.807) is 48.5 Å². The maximum absolute atomic E-state index is 14.9. The van der Waals surface area contributed by atoms with Gasteiger partial charge in [0.2, 0.25) is 0 Å². The van der Waals surface area contributed by atoms with Gasteiger partial charge in [-0.3, -0.25) is 0 Å². The van der Waals surface area contributed by atoms with Crippen LogP contribution in [0.1, 0.15) is 0 Å². The number of fused-ring (bicyclic) bond motifs is 2. The van der Waals surface area contributed by atoms with E-state index in [2.05, 4.69) is 51.8 Å². The van der Waals surface area contributed by atoms with E-state index in [0.29, 0.717) is 21.5 Å². The lowest BCUT2D eigenvalue weighted by Crippen LogP contribution is -2.05. The van der Waals surface area contributed by atoms with Gasteiger partial charge >= 0.3 is 0 Å². The van der Waals surface area contributed by atoms with Gasteiger partial charge in [0.05, 0.1) is 42.1 Å². The molecule has 0 aliphatic heterocycles. The third kappa shape index (κ3) is 3.64. The lowest BCUT2D eigenvalue weighted by molar-refractivity contribution is 0.450. The van der Waals surface area contributed by atoms with Gasteiger partial charge in [0.15, 0.2) is 58.2 Å². The van der Waals surface area contributed by atoms with Crippen molar-refractivity contribution >= 4 is 97.0 Å². The highest BCUT2D eigenvalue weighted by Gasteiger charge is 2.30. The molecule has 0 atom stereocenters. The smallest absolute Gasteiger partial charge is 0.176 e. The minimum absolute atomic E-state index is 0.259. The zero-order valence-corrected chi connectivity index (χ0v) is 26.4. The van der Waals surface area contributed by atoms with E-state index in [1.165, 1.54) is 0 Å². The minimum Gasteiger partial charge on any atom is -0.228 e. The molecule has 4 nitrogen and oxygen atoms in total. The molecule has 0 spiro atoms. The Hall–Kier alpha value is -4.82. The maximum atomic E-state index is 14.9. The molecule has 234 valence electrons. The van der Waals surface area contributed by atoms with Crippen molar-refractivity contribution in [1.82, 2.24) is 19.9 Å². The maximum Gasteiger partial charge on any atom is 0.176 e. The predicted molar refractivity (Wildman–Crippen MR) is 171 cm³/mol. The summed E-state index contributed by atoms with van der Waals surface area (Å²) in [5.41, 5.74) is -1.06. The van der Waals surface area contributed by atoms with E-state index in [0.717, 1.165) is 21.5 Å². The van der Waals surface area contributed by atoms with E-state index < -0.39 is 78.3 Å². The van der Waals surface area contributed by atoms with E-state index in [9.17, 15) is 35.1 Å². The van der Waals surface area contributed by atoms with Crippen LogP contribution in [0.4, 0.5) is 35.1 Å². The molecule has 0 bridgehead atoms. The molecule has 0 N–H and O–H groups in total. The monoisotopic (exact) mass is 782 g/mol. The Morgan fingerprint density at radius 3 is 0.833 bits per heavy atom. The zero-order chi connectivity index (χ0) is 33.5. The summed E-state index contributed by atoms with van der Waals surface area (Å²) >= 11 is 5.03. The normalized spacial score (nSPS) is 12.4. The van der Waals surface area contributed by atoms with Gasteiger partial charge in [-0.1, -0.05) is 24.3 Å². The Balaban J connectivity index is 1.33. The molecule has 0 amide bonds. The Morgan fingerprint density at radius 2 is 0.583 bits per heavy atom. The molecular formula is C34H8Br2F8N4. The highest BCUT2D eigenvalue weighted by molar-refractivity contribution is 9.10. The topological polar surface area (TPSA) is 51.6 Å². The minimum atomic E-state index is -1.65. The summed E-state index contributed by atoms with van der Waals surface area (Å²) < 4.78 is 115. The van der Waals surface area contributed by atoms with Crippen LogP contribution in [0, 0.1) is 46.5 Å². The fraction of sp³-hybridized carbons (Fsp3) is 0. The first-order valence-corrected chi connectivity index (χ1v) is 15.4. The molecule has 9 rings (SSSR count). The quantitative estimate of drug-likeness (QED) is 0.0576. The Morgan fingerprint density at radius 1 is 0.333 bits per heavy atom. The van der Waals surface area contributed by atoms with Crippen molar-refractivity contribution in [3.63, 3.8) is 0 Å². The van der Waals surface area contributed by atoms with Crippen LogP contribution in [0.15, 0.2) is 57.5 Å². The van der Waals surface area contributed by atoms with Crippen LogP contribution in [-0.2, 0) is 0 Å². The summed E-state index contributed by atoms with van der Waals surface area (Å²) in [4.78, 5) is 17.2. The summed E-state index contributed by atoms with van der Waals surface area (Å²) in [7, 11) is 0. The van der Waals surface area contributed by atoms with Gasteiger partial charge in [-0.05, 0) is 77.7 Å². The van der Waals surface area contributed by atoms with Crippen molar-refractivity contribution in [1.29, 1.82) is 0 Å². The van der Waals surface area contributed by atoms with Crippen molar-refractivity contribution in [2.75, 3.05) is 0 Å². The fourth-order valence-electron chi connectivity index (χ4n) is 6.52. The highest BCUT2D eigenvalue weighted by Crippen LogP contribution is 2.45. The molecule has 0 radical (unpaired) electrons. The first-order chi connectivity index (χ1) is 23.0. The molecule has 48 heavy (non-hydrogen) atoms. The molecule has 0 aliphatic carbocycles. The van der Waals surface area contributed by atoms with Gasteiger partial charge in [0.1, 0.15) is 0 Å².